The van der Waals surface area contributed by atoms with Gasteiger partial charge in [0, 0.05) is 30.8 Å². The minimum Gasteiger partial charge on any atom is -0.478 e. The molecule has 2 heterocycles. The lowest BCUT2D eigenvalue weighted by atomic mass is 9.80. The van der Waals surface area contributed by atoms with Crippen molar-refractivity contribution in [3.63, 3.8) is 0 Å². The maximum atomic E-state index is 12.6. The van der Waals surface area contributed by atoms with E-state index in [1.807, 2.05) is 6.92 Å². The van der Waals surface area contributed by atoms with Gasteiger partial charge in [-0.15, -0.1) is 0 Å². The number of rotatable bonds is 3. The van der Waals surface area contributed by atoms with Gasteiger partial charge in [-0.2, -0.15) is 0 Å². The number of fused-ring (bicyclic) bond motifs is 1. The molecule has 0 bridgehead atoms. The van der Waals surface area contributed by atoms with Gasteiger partial charge in [-0.1, -0.05) is 0 Å². The molecule has 0 amide bonds. The van der Waals surface area contributed by atoms with Crippen molar-refractivity contribution >= 4 is 16.9 Å². The maximum absolute atomic E-state index is 12.6. The SMILES string of the molecule is CCn1c(=O)cc(C2CCC3(CC2)OCCO3)c2cc(C(=O)O)ccc21. The van der Waals surface area contributed by atoms with E-state index < -0.39 is 11.8 Å². The first-order chi connectivity index (χ1) is 12.5. The number of ether oxygens (including phenoxy) is 2. The van der Waals surface area contributed by atoms with Gasteiger partial charge >= 0.3 is 5.97 Å². The van der Waals surface area contributed by atoms with Crippen LogP contribution in [0.1, 0.15) is 54.4 Å². The van der Waals surface area contributed by atoms with Crippen molar-refractivity contribution < 1.29 is 19.4 Å². The lowest BCUT2D eigenvalue weighted by Gasteiger charge is -2.36. The molecule has 1 saturated carbocycles. The van der Waals surface area contributed by atoms with Gasteiger partial charge in [-0.3, -0.25) is 4.79 Å². The number of carbonyl (C=O) groups is 1. The Hall–Kier alpha value is -2.18. The van der Waals surface area contributed by atoms with Crippen molar-refractivity contribution in [1.82, 2.24) is 4.57 Å². The van der Waals surface area contributed by atoms with E-state index in [1.54, 1.807) is 28.8 Å². The van der Waals surface area contributed by atoms with Gasteiger partial charge in [0.1, 0.15) is 0 Å². The van der Waals surface area contributed by atoms with Crippen LogP contribution in [0.2, 0.25) is 0 Å². The van der Waals surface area contributed by atoms with Crippen molar-refractivity contribution in [2.45, 2.75) is 50.9 Å². The third-order valence-electron chi connectivity index (χ3n) is 5.71. The van der Waals surface area contributed by atoms with Crippen LogP contribution in [0.5, 0.6) is 0 Å². The zero-order valence-corrected chi connectivity index (χ0v) is 14.9. The van der Waals surface area contributed by atoms with Gasteiger partial charge in [-0.25, -0.2) is 4.79 Å². The highest BCUT2D eigenvalue weighted by Crippen LogP contribution is 2.43. The van der Waals surface area contributed by atoms with Gasteiger partial charge in [0.15, 0.2) is 5.79 Å². The first-order valence-electron chi connectivity index (χ1n) is 9.22. The molecule has 1 aromatic heterocycles. The minimum atomic E-state index is -0.956. The quantitative estimate of drug-likeness (QED) is 0.913. The van der Waals surface area contributed by atoms with E-state index in [4.69, 9.17) is 9.47 Å². The summed E-state index contributed by atoms with van der Waals surface area (Å²) in [6, 6.07) is 6.71. The zero-order valence-electron chi connectivity index (χ0n) is 14.9. The normalized spacial score (nSPS) is 20.0. The predicted molar refractivity (Wildman–Crippen MR) is 96.7 cm³/mol. The van der Waals surface area contributed by atoms with E-state index in [9.17, 15) is 14.7 Å². The van der Waals surface area contributed by atoms with E-state index in [0.717, 1.165) is 42.1 Å². The standard InChI is InChI=1S/C20H23NO5/c1-2-21-17-4-3-14(19(23)24)11-16(17)15(12-18(21)22)13-5-7-20(8-6-13)25-9-10-26-20/h3-4,11-13H,2,5-10H2,1H3,(H,23,24). The molecule has 1 aromatic carbocycles. The van der Waals surface area contributed by atoms with Crippen LogP contribution >= 0.6 is 0 Å². The van der Waals surface area contributed by atoms with E-state index in [2.05, 4.69) is 0 Å². The van der Waals surface area contributed by atoms with Crippen LogP contribution in [0.3, 0.4) is 0 Å². The molecular weight excluding hydrogens is 334 g/mol. The average Bonchev–Trinajstić information content (AvgIpc) is 3.09. The Morgan fingerprint density at radius 1 is 1.23 bits per heavy atom. The number of carboxylic acid groups (broad SMARTS) is 1. The molecule has 1 spiro atoms. The molecule has 1 N–H and O–H groups in total. The summed E-state index contributed by atoms with van der Waals surface area (Å²) < 4.78 is 13.3. The van der Waals surface area contributed by atoms with Gasteiger partial charge in [0.2, 0.25) is 0 Å². The molecular formula is C20H23NO5. The molecule has 6 nitrogen and oxygen atoms in total. The summed E-state index contributed by atoms with van der Waals surface area (Å²) >= 11 is 0. The second-order valence-electron chi connectivity index (χ2n) is 7.10. The van der Waals surface area contributed by atoms with Crippen molar-refractivity contribution in [1.29, 1.82) is 0 Å². The highest BCUT2D eigenvalue weighted by atomic mass is 16.7. The van der Waals surface area contributed by atoms with Crippen LogP contribution in [0, 0.1) is 0 Å². The minimum absolute atomic E-state index is 0.0354. The summed E-state index contributed by atoms with van der Waals surface area (Å²) in [6.07, 6.45) is 3.33. The Kier molecular flexibility index (Phi) is 4.32. The fourth-order valence-electron chi connectivity index (χ4n) is 4.36. The lowest BCUT2D eigenvalue weighted by Crippen LogP contribution is -2.35. The van der Waals surface area contributed by atoms with Crippen LogP contribution in [-0.4, -0.2) is 34.6 Å². The van der Waals surface area contributed by atoms with Crippen LogP contribution in [0.4, 0.5) is 0 Å². The molecule has 0 atom stereocenters. The zero-order chi connectivity index (χ0) is 18.3. The number of aryl methyl sites for hydroxylation is 1. The van der Waals surface area contributed by atoms with E-state index in [-0.39, 0.29) is 17.0 Å². The molecule has 6 heteroatoms. The van der Waals surface area contributed by atoms with Gasteiger partial charge in [0.05, 0.1) is 24.3 Å². The van der Waals surface area contributed by atoms with Crippen molar-refractivity contribution in [2.75, 3.05) is 13.2 Å². The molecule has 2 fully saturated rings. The smallest absolute Gasteiger partial charge is 0.335 e. The molecule has 0 unspecified atom stereocenters. The van der Waals surface area contributed by atoms with E-state index >= 15 is 0 Å². The second kappa shape index (κ2) is 6.52. The molecule has 4 rings (SSSR count). The largest absolute Gasteiger partial charge is 0.478 e. The third-order valence-corrected chi connectivity index (χ3v) is 5.71. The summed E-state index contributed by atoms with van der Waals surface area (Å²) in [7, 11) is 0. The molecule has 26 heavy (non-hydrogen) atoms. The molecule has 138 valence electrons. The molecule has 1 aliphatic carbocycles. The molecule has 2 aliphatic rings. The van der Waals surface area contributed by atoms with Crippen LogP contribution in [-0.2, 0) is 16.0 Å². The lowest BCUT2D eigenvalue weighted by molar-refractivity contribution is -0.178. The summed E-state index contributed by atoms with van der Waals surface area (Å²) in [5.74, 6) is -1.20. The Balaban J connectivity index is 1.77. The van der Waals surface area contributed by atoms with Crippen molar-refractivity contribution in [3.8, 4) is 0 Å². The van der Waals surface area contributed by atoms with Crippen LogP contribution in [0.15, 0.2) is 29.1 Å². The Morgan fingerprint density at radius 3 is 2.54 bits per heavy atom. The second-order valence-corrected chi connectivity index (χ2v) is 7.10. The van der Waals surface area contributed by atoms with Crippen molar-refractivity contribution in [3.05, 3.63) is 45.7 Å². The number of pyridine rings is 1. The third kappa shape index (κ3) is 2.83. The number of hydrogen-bond acceptors (Lipinski definition) is 4. The van der Waals surface area contributed by atoms with Crippen LogP contribution < -0.4 is 5.56 Å². The number of nitrogens with zero attached hydrogens (tertiary/aromatic N) is 1. The number of benzene rings is 1. The Morgan fingerprint density at radius 2 is 1.92 bits per heavy atom. The van der Waals surface area contributed by atoms with Gasteiger partial charge in [0.25, 0.3) is 5.56 Å². The summed E-state index contributed by atoms with van der Waals surface area (Å²) in [5, 5.41) is 10.2. The van der Waals surface area contributed by atoms with Crippen LogP contribution in [0.25, 0.3) is 10.9 Å². The highest BCUT2D eigenvalue weighted by molar-refractivity contribution is 5.94. The molecule has 2 aromatic rings. The monoisotopic (exact) mass is 357 g/mol. The van der Waals surface area contributed by atoms with Gasteiger partial charge < -0.3 is 19.1 Å². The maximum Gasteiger partial charge on any atom is 0.335 e. The fraction of sp³-hybridized carbons (Fsp3) is 0.500. The number of hydrogen-bond donors (Lipinski definition) is 1. The summed E-state index contributed by atoms with van der Waals surface area (Å²) in [4.78, 5) is 24.0. The molecule has 1 saturated heterocycles. The first-order valence-corrected chi connectivity index (χ1v) is 9.22. The first kappa shape index (κ1) is 17.2. The topological polar surface area (TPSA) is 77.8 Å². The average molecular weight is 357 g/mol. The summed E-state index contributed by atoms with van der Waals surface area (Å²) in [5.41, 5.74) is 1.96. The predicted octanol–water partition coefficient (Wildman–Crippen LogP) is 3.12. The molecule has 0 radical (unpaired) electrons. The van der Waals surface area contributed by atoms with Gasteiger partial charge in [-0.05, 0) is 49.4 Å². The number of aromatic nitrogens is 1. The van der Waals surface area contributed by atoms with Crippen molar-refractivity contribution in [2.24, 2.45) is 0 Å². The van der Waals surface area contributed by atoms with E-state index in [0.29, 0.717) is 19.8 Å². The number of carboxylic acids is 1. The Labute approximate surface area is 151 Å². The molecule has 1 aliphatic heterocycles. The van der Waals surface area contributed by atoms with E-state index in [1.165, 1.54) is 0 Å². The fourth-order valence-corrected chi connectivity index (χ4v) is 4.36. The summed E-state index contributed by atoms with van der Waals surface area (Å²) in [6.45, 7) is 3.76. The number of aromatic carboxylic acids is 1. The Bertz CT molecular complexity index is 900. The highest BCUT2D eigenvalue weighted by Gasteiger charge is 2.40.